The Morgan fingerprint density at radius 1 is 1.12 bits per heavy atom. The fourth-order valence-electron chi connectivity index (χ4n) is 3.24. The van der Waals surface area contributed by atoms with E-state index in [1.807, 2.05) is 27.0 Å². The van der Waals surface area contributed by atoms with Crippen molar-refractivity contribution in [2.45, 2.75) is 39.5 Å². The fourth-order valence-corrected chi connectivity index (χ4v) is 3.24. The average molecular weight is 340 g/mol. The molecule has 6 heteroatoms. The highest BCUT2D eigenvalue weighted by atomic mass is 16.2. The third-order valence-corrected chi connectivity index (χ3v) is 4.75. The number of carbonyl (C=O) groups is 2. The van der Waals surface area contributed by atoms with E-state index in [1.54, 1.807) is 23.0 Å². The molecule has 1 aliphatic carbocycles. The summed E-state index contributed by atoms with van der Waals surface area (Å²) < 4.78 is 1.66. The van der Waals surface area contributed by atoms with Gasteiger partial charge in [0.2, 0.25) is 5.91 Å². The van der Waals surface area contributed by atoms with Gasteiger partial charge in [-0.2, -0.15) is 5.10 Å². The van der Waals surface area contributed by atoms with Crippen LogP contribution in [-0.4, -0.2) is 21.6 Å². The summed E-state index contributed by atoms with van der Waals surface area (Å²) in [5.41, 5.74) is 3.60. The molecular weight excluding hydrogens is 316 g/mol. The SMILES string of the molecule is Cc1ccc(C(=O)Nc2cn(C)nc2C)cc1NC(=O)C1CCCC1. The van der Waals surface area contributed by atoms with Gasteiger partial charge < -0.3 is 10.6 Å². The van der Waals surface area contributed by atoms with Gasteiger partial charge in [0.1, 0.15) is 0 Å². The second-order valence-electron chi connectivity index (χ2n) is 6.76. The second-order valence-corrected chi connectivity index (χ2v) is 6.76. The van der Waals surface area contributed by atoms with Crippen molar-refractivity contribution in [1.29, 1.82) is 0 Å². The summed E-state index contributed by atoms with van der Waals surface area (Å²) in [6.45, 7) is 3.77. The van der Waals surface area contributed by atoms with Gasteiger partial charge in [0.05, 0.1) is 11.4 Å². The van der Waals surface area contributed by atoms with Crippen molar-refractivity contribution >= 4 is 23.2 Å². The molecule has 0 atom stereocenters. The minimum atomic E-state index is -0.215. The van der Waals surface area contributed by atoms with Crippen LogP contribution in [0, 0.1) is 19.8 Å². The standard InChI is InChI=1S/C19H24N4O2/c1-12-8-9-15(19(25)21-17-11-23(3)22-13(17)2)10-16(12)20-18(24)14-6-4-5-7-14/h8-11,14H,4-7H2,1-3H3,(H,20,24)(H,21,25). The molecule has 1 saturated carbocycles. The van der Waals surface area contributed by atoms with Crippen LogP contribution in [0.15, 0.2) is 24.4 Å². The maximum atomic E-state index is 12.5. The number of nitrogens with zero attached hydrogens (tertiary/aromatic N) is 2. The number of benzene rings is 1. The van der Waals surface area contributed by atoms with Crippen molar-refractivity contribution in [3.63, 3.8) is 0 Å². The number of hydrogen-bond donors (Lipinski definition) is 2. The lowest BCUT2D eigenvalue weighted by atomic mass is 10.1. The maximum absolute atomic E-state index is 12.5. The summed E-state index contributed by atoms with van der Waals surface area (Å²) in [7, 11) is 1.81. The summed E-state index contributed by atoms with van der Waals surface area (Å²) in [4.78, 5) is 24.9. The molecule has 6 nitrogen and oxygen atoms in total. The smallest absolute Gasteiger partial charge is 0.255 e. The van der Waals surface area contributed by atoms with Crippen LogP contribution in [0.1, 0.15) is 47.3 Å². The first-order valence-electron chi connectivity index (χ1n) is 8.67. The molecule has 0 bridgehead atoms. The Kier molecular flexibility index (Phi) is 4.88. The van der Waals surface area contributed by atoms with Crippen molar-refractivity contribution in [2.75, 3.05) is 10.6 Å². The van der Waals surface area contributed by atoms with Gasteiger partial charge in [-0.25, -0.2) is 0 Å². The highest BCUT2D eigenvalue weighted by Crippen LogP contribution is 2.27. The molecule has 0 unspecified atom stereocenters. The number of nitrogens with one attached hydrogen (secondary N) is 2. The third-order valence-electron chi connectivity index (χ3n) is 4.75. The highest BCUT2D eigenvalue weighted by Gasteiger charge is 2.23. The van der Waals surface area contributed by atoms with E-state index in [0.717, 1.165) is 36.9 Å². The minimum Gasteiger partial charge on any atom is -0.326 e. The van der Waals surface area contributed by atoms with Crippen LogP contribution in [0.4, 0.5) is 11.4 Å². The zero-order valence-electron chi connectivity index (χ0n) is 14.9. The Labute approximate surface area is 147 Å². The van der Waals surface area contributed by atoms with Gasteiger partial charge >= 0.3 is 0 Å². The van der Waals surface area contributed by atoms with Gasteiger partial charge in [-0.05, 0) is 44.4 Å². The van der Waals surface area contributed by atoms with E-state index in [0.29, 0.717) is 16.9 Å². The summed E-state index contributed by atoms with van der Waals surface area (Å²) in [5, 5.41) is 10.1. The topological polar surface area (TPSA) is 76.0 Å². The van der Waals surface area contributed by atoms with Gasteiger partial charge in [-0.15, -0.1) is 0 Å². The number of amides is 2. The number of aryl methyl sites for hydroxylation is 3. The molecule has 2 N–H and O–H groups in total. The molecule has 1 heterocycles. The Morgan fingerprint density at radius 3 is 2.48 bits per heavy atom. The van der Waals surface area contributed by atoms with E-state index < -0.39 is 0 Å². The predicted octanol–water partition coefficient (Wildman–Crippen LogP) is 3.42. The molecule has 0 aliphatic heterocycles. The normalized spacial score (nSPS) is 14.5. The number of anilines is 2. The van der Waals surface area contributed by atoms with Crippen LogP contribution in [0.5, 0.6) is 0 Å². The highest BCUT2D eigenvalue weighted by molar-refractivity contribution is 6.05. The lowest BCUT2D eigenvalue weighted by Crippen LogP contribution is -2.21. The van der Waals surface area contributed by atoms with E-state index >= 15 is 0 Å². The first-order chi connectivity index (χ1) is 11.9. The molecule has 0 saturated heterocycles. The molecule has 1 aromatic carbocycles. The third kappa shape index (κ3) is 3.90. The number of hydrogen-bond acceptors (Lipinski definition) is 3. The lowest BCUT2D eigenvalue weighted by Gasteiger charge is -2.14. The molecule has 25 heavy (non-hydrogen) atoms. The van der Waals surface area contributed by atoms with Gasteiger partial charge in [-0.1, -0.05) is 18.9 Å². The van der Waals surface area contributed by atoms with E-state index in [-0.39, 0.29) is 17.7 Å². The lowest BCUT2D eigenvalue weighted by molar-refractivity contribution is -0.119. The average Bonchev–Trinajstić information content (AvgIpc) is 3.20. The Morgan fingerprint density at radius 2 is 1.84 bits per heavy atom. The number of aromatic nitrogens is 2. The molecule has 1 fully saturated rings. The molecular formula is C19H24N4O2. The molecule has 2 aromatic rings. The van der Waals surface area contributed by atoms with E-state index in [1.165, 1.54) is 0 Å². The largest absolute Gasteiger partial charge is 0.326 e. The summed E-state index contributed by atoms with van der Waals surface area (Å²) in [6, 6.07) is 5.36. The Hall–Kier alpha value is -2.63. The fraction of sp³-hybridized carbons (Fsp3) is 0.421. The molecule has 0 radical (unpaired) electrons. The summed E-state index contributed by atoms with van der Waals surface area (Å²) in [5.74, 6) is -0.0661. The van der Waals surface area contributed by atoms with Crippen LogP contribution < -0.4 is 10.6 Å². The minimum absolute atomic E-state index is 0.0567. The van der Waals surface area contributed by atoms with Crippen LogP contribution >= 0.6 is 0 Å². The van der Waals surface area contributed by atoms with Crippen molar-refractivity contribution < 1.29 is 9.59 Å². The van der Waals surface area contributed by atoms with Crippen molar-refractivity contribution in [3.05, 3.63) is 41.2 Å². The van der Waals surface area contributed by atoms with Gasteiger partial charge in [0, 0.05) is 30.4 Å². The Balaban J connectivity index is 1.75. The van der Waals surface area contributed by atoms with Gasteiger partial charge in [-0.3, -0.25) is 14.3 Å². The number of rotatable bonds is 4. The quantitative estimate of drug-likeness (QED) is 0.895. The van der Waals surface area contributed by atoms with Crippen LogP contribution in [0.25, 0.3) is 0 Å². The number of carbonyl (C=O) groups excluding carboxylic acids is 2. The zero-order chi connectivity index (χ0) is 18.0. The molecule has 0 spiro atoms. The van der Waals surface area contributed by atoms with E-state index in [9.17, 15) is 9.59 Å². The Bertz CT molecular complexity index is 804. The maximum Gasteiger partial charge on any atom is 0.255 e. The van der Waals surface area contributed by atoms with Crippen molar-refractivity contribution in [1.82, 2.24) is 9.78 Å². The van der Waals surface area contributed by atoms with Gasteiger partial charge in [0.15, 0.2) is 0 Å². The van der Waals surface area contributed by atoms with E-state index in [2.05, 4.69) is 15.7 Å². The molecule has 3 rings (SSSR count). The monoisotopic (exact) mass is 340 g/mol. The van der Waals surface area contributed by atoms with Crippen LogP contribution in [0.2, 0.25) is 0 Å². The van der Waals surface area contributed by atoms with Crippen LogP contribution in [0.3, 0.4) is 0 Å². The second kappa shape index (κ2) is 7.09. The summed E-state index contributed by atoms with van der Waals surface area (Å²) in [6.07, 6.45) is 5.90. The molecule has 1 aliphatic rings. The first kappa shape index (κ1) is 17.2. The molecule has 1 aromatic heterocycles. The van der Waals surface area contributed by atoms with Crippen molar-refractivity contribution in [2.24, 2.45) is 13.0 Å². The van der Waals surface area contributed by atoms with Crippen molar-refractivity contribution in [3.8, 4) is 0 Å². The molecule has 132 valence electrons. The van der Waals surface area contributed by atoms with E-state index in [4.69, 9.17) is 0 Å². The molecule has 2 amide bonds. The first-order valence-corrected chi connectivity index (χ1v) is 8.67. The van der Waals surface area contributed by atoms with Gasteiger partial charge in [0.25, 0.3) is 5.91 Å². The predicted molar refractivity (Wildman–Crippen MR) is 97.7 cm³/mol. The summed E-state index contributed by atoms with van der Waals surface area (Å²) >= 11 is 0. The zero-order valence-corrected chi connectivity index (χ0v) is 14.9. The van der Waals surface area contributed by atoms with Crippen LogP contribution in [-0.2, 0) is 11.8 Å².